The Labute approximate surface area is 126 Å². The zero-order valence-corrected chi connectivity index (χ0v) is 13.1. The number of hydrogen-bond donors (Lipinski definition) is 1. The highest BCUT2D eigenvalue weighted by atomic mass is 15.3. The highest BCUT2D eigenvalue weighted by molar-refractivity contribution is 5.51. The first-order valence-electron chi connectivity index (χ1n) is 7.65. The Hall–Kier alpha value is -1.81. The third-order valence-electron chi connectivity index (χ3n) is 4.05. The molecule has 1 N–H and O–H groups in total. The molecule has 0 bridgehead atoms. The van der Waals surface area contributed by atoms with Crippen molar-refractivity contribution in [2.75, 3.05) is 31.1 Å². The van der Waals surface area contributed by atoms with Crippen LogP contribution in [0.1, 0.15) is 26.3 Å². The number of hydrogen-bond acceptors (Lipinski definition) is 3. The first kappa shape index (κ1) is 14.1. The van der Waals surface area contributed by atoms with Gasteiger partial charge in [-0.25, -0.2) is 4.68 Å². The fourth-order valence-corrected chi connectivity index (χ4v) is 2.59. The summed E-state index contributed by atoms with van der Waals surface area (Å²) in [5.74, 6) is 0. The van der Waals surface area contributed by atoms with E-state index in [1.165, 1.54) is 11.3 Å². The molecule has 3 rings (SSSR count). The Balaban J connectivity index is 1.79. The van der Waals surface area contributed by atoms with Gasteiger partial charge in [-0.2, -0.15) is 5.10 Å². The summed E-state index contributed by atoms with van der Waals surface area (Å²) in [6, 6.07) is 8.69. The molecule has 0 unspecified atom stereocenters. The highest BCUT2D eigenvalue weighted by Gasteiger charge is 2.16. The molecule has 112 valence electrons. The molecule has 21 heavy (non-hydrogen) atoms. The van der Waals surface area contributed by atoms with Crippen LogP contribution in [0, 0.1) is 0 Å². The van der Waals surface area contributed by atoms with Gasteiger partial charge in [-0.1, -0.05) is 20.8 Å². The Morgan fingerprint density at radius 3 is 2.19 bits per heavy atom. The number of nitrogens with zero attached hydrogens (tertiary/aromatic N) is 3. The minimum Gasteiger partial charge on any atom is -0.369 e. The third-order valence-corrected chi connectivity index (χ3v) is 4.05. The summed E-state index contributed by atoms with van der Waals surface area (Å²) in [6.07, 6.45) is 4.09. The van der Waals surface area contributed by atoms with Gasteiger partial charge >= 0.3 is 0 Å². The van der Waals surface area contributed by atoms with Crippen LogP contribution in [0.2, 0.25) is 0 Å². The fourth-order valence-electron chi connectivity index (χ4n) is 2.59. The fraction of sp³-hybridized carbons (Fsp3) is 0.471. The van der Waals surface area contributed by atoms with Crippen molar-refractivity contribution in [2.45, 2.75) is 26.2 Å². The Morgan fingerprint density at radius 2 is 1.62 bits per heavy atom. The number of piperazine rings is 1. The lowest BCUT2D eigenvalue weighted by molar-refractivity contribution is 0.589. The van der Waals surface area contributed by atoms with E-state index >= 15 is 0 Å². The van der Waals surface area contributed by atoms with Crippen LogP contribution in [-0.2, 0) is 5.41 Å². The molecule has 1 fully saturated rings. The van der Waals surface area contributed by atoms with E-state index in [-0.39, 0.29) is 5.41 Å². The SMILES string of the molecule is CC(C)(C)c1cnn(-c2ccc(N3CCNCC3)cc2)c1. The van der Waals surface area contributed by atoms with Crippen molar-refractivity contribution in [3.05, 3.63) is 42.2 Å². The van der Waals surface area contributed by atoms with Crippen molar-refractivity contribution < 1.29 is 0 Å². The largest absolute Gasteiger partial charge is 0.369 e. The molecule has 2 heterocycles. The average molecular weight is 284 g/mol. The van der Waals surface area contributed by atoms with Gasteiger partial charge in [0.05, 0.1) is 11.9 Å². The first-order chi connectivity index (χ1) is 10.0. The maximum absolute atomic E-state index is 4.49. The lowest BCUT2D eigenvalue weighted by Gasteiger charge is -2.29. The number of anilines is 1. The second-order valence-electron chi connectivity index (χ2n) is 6.68. The van der Waals surface area contributed by atoms with Crippen molar-refractivity contribution in [1.82, 2.24) is 15.1 Å². The summed E-state index contributed by atoms with van der Waals surface area (Å²) in [7, 11) is 0. The van der Waals surface area contributed by atoms with Crippen molar-refractivity contribution in [3.63, 3.8) is 0 Å². The van der Waals surface area contributed by atoms with Crippen molar-refractivity contribution >= 4 is 5.69 Å². The Kier molecular flexibility index (Phi) is 3.72. The molecule has 0 atom stereocenters. The maximum atomic E-state index is 4.49. The van der Waals surface area contributed by atoms with E-state index in [0.717, 1.165) is 31.9 Å². The molecule has 0 aliphatic carbocycles. The van der Waals surface area contributed by atoms with Gasteiger partial charge < -0.3 is 10.2 Å². The van der Waals surface area contributed by atoms with Gasteiger partial charge in [-0.15, -0.1) is 0 Å². The van der Waals surface area contributed by atoms with Crippen LogP contribution in [0.15, 0.2) is 36.7 Å². The molecule has 1 aromatic carbocycles. The molecule has 4 nitrogen and oxygen atoms in total. The summed E-state index contributed by atoms with van der Waals surface area (Å²) in [4.78, 5) is 2.42. The maximum Gasteiger partial charge on any atom is 0.0647 e. The van der Waals surface area contributed by atoms with E-state index in [2.05, 4.69) is 66.5 Å². The van der Waals surface area contributed by atoms with Crippen LogP contribution in [0.4, 0.5) is 5.69 Å². The molecular weight excluding hydrogens is 260 g/mol. The van der Waals surface area contributed by atoms with Gasteiger partial charge in [0.15, 0.2) is 0 Å². The zero-order chi connectivity index (χ0) is 14.9. The molecular formula is C17H24N4. The van der Waals surface area contributed by atoms with Gasteiger partial charge in [0.2, 0.25) is 0 Å². The van der Waals surface area contributed by atoms with Gasteiger partial charge in [0.25, 0.3) is 0 Å². The number of benzene rings is 1. The van der Waals surface area contributed by atoms with Gasteiger partial charge in [-0.05, 0) is 35.2 Å². The molecule has 4 heteroatoms. The van der Waals surface area contributed by atoms with Crippen LogP contribution >= 0.6 is 0 Å². The summed E-state index contributed by atoms with van der Waals surface area (Å²) in [5, 5.41) is 7.87. The molecule has 1 aliphatic heterocycles. The van der Waals surface area contributed by atoms with Crippen LogP contribution in [-0.4, -0.2) is 36.0 Å². The standard InChI is InChI=1S/C17H24N4/c1-17(2,3)14-12-19-21(13-14)16-6-4-15(5-7-16)20-10-8-18-9-11-20/h4-7,12-13,18H,8-11H2,1-3H3. The van der Waals surface area contributed by atoms with Crippen LogP contribution < -0.4 is 10.2 Å². The molecule has 0 radical (unpaired) electrons. The number of nitrogens with one attached hydrogen (secondary N) is 1. The van der Waals surface area contributed by atoms with Gasteiger partial charge in [0.1, 0.15) is 0 Å². The van der Waals surface area contributed by atoms with Crippen molar-refractivity contribution in [2.24, 2.45) is 0 Å². The topological polar surface area (TPSA) is 33.1 Å². The lowest BCUT2D eigenvalue weighted by atomic mass is 9.90. The van der Waals surface area contributed by atoms with Crippen molar-refractivity contribution in [1.29, 1.82) is 0 Å². The summed E-state index contributed by atoms with van der Waals surface area (Å²) < 4.78 is 1.96. The lowest BCUT2D eigenvalue weighted by Crippen LogP contribution is -2.43. The summed E-state index contributed by atoms with van der Waals surface area (Å²) in [6.45, 7) is 10.9. The molecule has 2 aromatic rings. The average Bonchev–Trinajstić information content (AvgIpc) is 2.98. The zero-order valence-electron chi connectivity index (χ0n) is 13.1. The quantitative estimate of drug-likeness (QED) is 0.920. The first-order valence-corrected chi connectivity index (χ1v) is 7.65. The van der Waals surface area contributed by atoms with E-state index in [9.17, 15) is 0 Å². The van der Waals surface area contributed by atoms with Crippen molar-refractivity contribution in [3.8, 4) is 5.69 Å². The monoisotopic (exact) mass is 284 g/mol. The minimum atomic E-state index is 0.138. The number of rotatable bonds is 2. The second-order valence-corrected chi connectivity index (χ2v) is 6.68. The van der Waals surface area contributed by atoms with Gasteiger partial charge in [-0.3, -0.25) is 0 Å². The molecule has 1 aliphatic rings. The minimum absolute atomic E-state index is 0.138. The predicted molar refractivity (Wildman–Crippen MR) is 87.3 cm³/mol. The third kappa shape index (κ3) is 3.10. The second kappa shape index (κ2) is 5.53. The molecule has 0 spiro atoms. The Morgan fingerprint density at radius 1 is 1.00 bits per heavy atom. The van der Waals surface area contributed by atoms with E-state index in [4.69, 9.17) is 0 Å². The molecule has 0 amide bonds. The highest BCUT2D eigenvalue weighted by Crippen LogP contribution is 2.23. The molecule has 1 saturated heterocycles. The van der Waals surface area contributed by atoms with E-state index in [0.29, 0.717) is 0 Å². The van der Waals surface area contributed by atoms with E-state index in [1.54, 1.807) is 0 Å². The number of aromatic nitrogens is 2. The normalized spacial score (nSPS) is 16.2. The van der Waals surface area contributed by atoms with Crippen LogP contribution in [0.5, 0.6) is 0 Å². The van der Waals surface area contributed by atoms with E-state index in [1.807, 2.05) is 10.9 Å². The molecule has 0 saturated carbocycles. The Bertz CT molecular complexity index is 586. The van der Waals surface area contributed by atoms with Crippen LogP contribution in [0.3, 0.4) is 0 Å². The smallest absolute Gasteiger partial charge is 0.0647 e. The summed E-state index contributed by atoms with van der Waals surface area (Å²) >= 11 is 0. The molecule has 1 aromatic heterocycles. The van der Waals surface area contributed by atoms with Crippen LogP contribution in [0.25, 0.3) is 5.69 Å². The van der Waals surface area contributed by atoms with E-state index < -0.39 is 0 Å². The predicted octanol–water partition coefficient (Wildman–Crippen LogP) is 2.58. The van der Waals surface area contributed by atoms with Gasteiger partial charge in [0, 0.05) is 38.1 Å². The summed E-state index contributed by atoms with van der Waals surface area (Å²) in [5.41, 5.74) is 3.81.